The first-order chi connectivity index (χ1) is 9.28. The van der Waals surface area contributed by atoms with Crippen molar-refractivity contribution in [2.24, 2.45) is 5.73 Å². The molecule has 0 spiro atoms. The Morgan fingerprint density at radius 3 is 2.84 bits per heavy atom. The van der Waals surface area contributed by atoms with Crippen molar-refractivity contribution in [2.75, 3.05) is 6.26 Å². The first-order valence-corrected chi connectivity index (χ1v) is 7.92. The van der Waals surface area contributed by atoms with E-state index < -0.39 is 0 Å². The largest absolute Gasteiger partial charge is 0.489 e. The summed E-state index contributed by atoms with van der Waals surface area (Å²) >= 11 is 1.71. The predicted molar refractivity (Wildman–Crippen MR) is 78.7 cm³/mol. The first-order valence-electron chi connectivity index (χ1n) is 6.70. The van der Waals surface area contributed by atoms with E-state index in [1.165, 1.54) is 4.90 Å². The summed E-state index contributed by atoms with van der Waals surface area (Å²) in [6.45, 7) is 0. The molecule has 19 heavy (non-hydrogen) atoms. The number of hydrogen-bond donors (Lipinski definition) is 2. The van der Waals surface area contributed by atoms with E-state index in [4.69, 9.17) is 10.5 Å². The second kappa shape index (κ2) is 5.43. The van der Waals surface area contributed by atoms with Gasteiger partial charge < -0.3 is 10.5 Å². The molecule has 2 aromatic rings. The van der Waals surface area contributed by atoms with E-state index in [1.807, 2.05) is 18.3 Å². The maximum atomic E-state index is 6.19. The Kier molecular flexibility index (Phi) is 3.66. The van der Waals surface area contributed by atoms with Crippen LogP contribution in [0.2, 0.25) is 0 Å². The Hall–Kier alpha value is -1.20. The number of nitrogens with two attached hydrogens (primary N) is 1. The minimum Gasteiger partial charge on any atom is -0.489 e. The van der Waals surface area contributed by atoms with E-state index >= 15 is 0 Å². The van der Waals surface area contributed by atoms with Gasteiger partial charge in [0, 0.05) is 11.4 Å². The molecule has 102 valence electrons. The number of thioether (sulfide) groups is 1. The van der Waals surface area contributed by atoms with Crippen molar-refractivity contribution < 1.29 is 4.74 Å². The molecule has 0 unspecified atom stereocenters. The van der Waals surface area contributed by atoms with E-state index in [9.17, 15) is 0 Å². The summed E-state index contributed by atoms with van der Waals surface area (Å²) in [5, 5.41) is 8.23. The molecule has 1 aromatic heterocycles. The number of fused-ring (bicyclic) bond motifs is 1. The second-order valence-corrected chi connectivity index (χ2v) is 5.90. The van der Waals surface area contributed by atoms with Crippen LogP contribution in [0.3, 0.4) is 0 Å². The highest BCUT2D eigenvalue weighted by molar-refractivity contribution is 7.99. The first kappa shape index (κ1) is 12.8. The average Bonchev–Trinajstić information content (AvgIpc) is 2.89. The van der Waals surface area contributed by atoms with Gasteiger partial charge in [0.15, 0.2) is 0 Å². The third-order valence-corrected chi connectivity index (χ3v) is 4.58. The topological polar surface area (TPSA) is 63.9 Å². The van der Waals surface area contributed by atoms with E-state index in [2.05, 4.69) is 16.5 Å². The third-order valence-electron chi connectivity index (χ3n) is 3.76. The van der Waals surface area contributed by atoms with Gasteiger partial charge in [-0.15, -0.1) is 11.8 Å². The molecule has 3 rings (SSSR count). The summed E-state index contributed by atoms with van der Waals surface area (Å²) in [5.41, 5.74) is 6.99. The number of nitrogens with one attached hydrogen (secondary N) is 1. The Balaban J connectivity index is 1.84. The number of benzene rings is 1. The van der Waals surface area contributed by atoms with Crippen LogP contribution in [0.25, 0.3) is 10.9 Å². The summed E-state index contributed by atoms with van der Waals surface area (Å²) in [5.74, 6) is 0.974. The maximum Gasteiger partial charge on any atom is 0.134 e. The zero-order valence-electron chi connectivity index (χ0n) is 11.1. The molecule has 4 nitrogen and oxygen atoms in total. The van der Waals surface area contributed by atoms with Crippen molar-refractivity contribution in [1.82, 2.24) is 10.2 Å². The summed E-state index contributed by atoms with van der Waals surface area (Å²) < 4.78 is 6.19. The molecule has 0 radical (unpaired) electrons. The van der Waals surface area contributed by atoms with Gasteiger partial charge in [0.1, 0.15) is 5.75 Å². The summed E-state index contributed by atoms with van der Waals surface area (Å²) in [6.07, 6.45) is 8.48. The van der Waals surface area contributed by atoms with E-state index in [-0.39, 0.29) is 0 Å². The maximum absolute atomic E-state index is 6.19. The molecule has 0 atom stereocenters. The second-order valence-electron chi connectivity index (χ2n) is 5.08. The number of aromatic nitrogens is 2. The Morgan fingerprint density at radius 2 is 2.11 bits per heavy atom. The molecular formula is C14H19N3OS. The Bertz CT molecular complexity index is 561. The molecule has 1 fully saturated rings. The summed E-state index contributed by atoms with van der Waals surface area (Å²) in [4.78, 5) is 1.17. The third kappa shape index (κ3) is 2.58. The monoisotopic (exact) mass is 277 g/mol. The average molecular weight is 277 g/mol. The number of hydrogen-bond acceptors (Lipinski definition) is 4. The van der Waals surface area contributed by atoms with Gasteiger partial charge in [-0.25, -0.2) is 0 Å². The molecule has 0 aliphatic heterocycles. The number of aromatic amines is 1. The van der Waals surface area contributed by atoms with Gasteiger partial charge in [-0.2, -0.15) is 5.10 Å². The highest BCUT2D eigenvalue weighted by atomic mass is 32.2. The van der Waals surface area contributed by atoms with Gasteiger partial charge in [-0.05, 0) is 44.1 Å². The number of H-pyrrole nitrogens is 1. The van der Waals surface area contributed by atoms with Crippen LogP contribution in [0.15, 0.2) is 23.2 Å². The lowest BCUT2D eigenvalue weighted by Gasteiger charge is -2.27. The molecule has 1 heterocycles. The van der Waals surface area contributed by atoms with E-state index in [0.29, 0.717) is 12.1 Å². The summed E-state index contributed by atoms with van der Waals surface area (Å²) in [6, 6.07) is 4.43. The van der Waals surface area contributed by atoms with Gasteiger partial charge >= 0.3 is 0 Å². The fraction of sp³-hybridized carbons (Fsp3) is 0.500. The molecule has 0 bridgehead atoms. The van der Waals surface area contributed by atoms with Gasteiger partial charge in [0.2, 0.25) is 0 Å². The summed E-state index contributed by atoms with van der Waals surface area (Å²) in [7, 11) is 0. The van der Waals surface area contributed by atoms with Crippen molar-refractivity contribution in [1.29, 1.82) is 0 Å². The van der Waals surface area contributed by atoms with Gasteiger partial charge in [0.05, 0.1) is 22.7 Å². The van der Waals surface area contributed by atoms with E-state index in [0.717, 1.165) is 42.3 Å². The quantitative estimate of drug-likeness (QED) is 0.847. The molecular weight excluding hydrogens is 258 g/mol. The lowest BCUT2D eigenvalue weighted by Crippen LogP contribution is -2.31. The molecule has 1 aliphatic rings. The van der Waals surface area contributed by atoms with Crippen LogP contribution in [0.5, 0.6) is 5.75 Å². The van der Waals surface area contributed by atoms with Crippen LogP contribution in [0.1, 0.15) is 25.7 Å². The van der Waals surface area contributed by atoms with Gasteiger partial charge in [0.25, 0.3) is 0 Å². The molecule has 1 aliphatic carbocycles. The van der Waals surface area contributed by atoms with Gasteiger partial charge in [-0.1, -0.05) is 0 Å². The zero-order chi connectivity index (χ0) is 13.2. The number of nitrogens with zero attached hydrogens (tertiary/aromatic N) is 1. The minimum atomic E-state index is 0.301. The molecule has 1 saturated carbocycles. The van der Waals surface area contributed by atoms with Crippen LogP contribution >= 0.6 is 11.8 Å². The van der Waals surface area contributed by atoms with Crippen molar-refractivity contribution >= 4 is 22.7 Å². The fourth-order valence-electron chi connectivity index (χ4n) is 2.66. The zero-order valence-corrected chi connectivity index (χ0v) is 11.9. The van der Waals surface area contributed by atoms with Crippen LogP contribution in [0, 0.1) is 0 Å². The lowest BCUT2D eigenvalue weighted by molar-refractivity contribution is 0.144. The SMILES string of the molecule is CSc1c(O[C@H]2CC[C@@H](N)CC2)ccc2[nH]ncc12. The smallest absolute Gasteiger partial charge is 0.134 e. The highest BCUT2D eigenvalue weighted by Crippen LogP contribution is 2.36. The van der Waals surface area contributed by atoms with Gasteiger partial charge in [-0.3, -0.25) is 5.10 Å². The molecule has 1 aromatic carbocycles. The standard InChI is InChI=1S/C14H19N3OS/c1-19-14-11-8-16-17-12(11)6-7-13(14)18-10-4-2-9(15)3-5-10/h6-10H,2-5,15H2,1H3,(H,16,17)/t9-,10+. The Labute approximate surface area is 117 Å². The molecule has 5 heteroatoms. The van der Waals surface area contributed by atoms with Crippen LogP contribution in [-0.2, 0) is 0 Å². The normalized spacial score (nSPS) is 23.7. The lowest BCUT2D eigenvalue weighted by atomic mass is 9.94. The van der Waals surface area contributed by atoms with Crippen LogP contribution in [0.4, 0.5) is 0 Å². The molecule has 0 saturated heterocycles. The van der Waals surface area contributed by atoms with Crippen LogP contribution < -0.4 is 10.5 Å². The fourth-order valence-corrected chi connectivity index (χ4v) is 3.36. The van der Waals surface area contributed by atoms with Crippen LogP contribution in [-0.4, -0.2) is 28.6 Å². The number of ether oxygens (including phenoxy) is 1. The minimum absolute atomic E-state index is 0.301. The van der Waals surface area contributed by atoms with Crippen molar-refractivity contribution in [3.8, 4) is 5.75 Å². The van der Waals surface area contributed by atoms with Crippen molar-refractivity contribution in [2.45, 2.75) is 42.7 Å². The highest BCUT2D eigenvalue weighted by Gasteiger charge is 2.21. The Morgan fingerprint density at radius 1 is 1.32 bits per heavy atom. The number of rotatable bonds is 3. The molecule has 3 N–H and O–H groups in total. The molecule has 0 amide bonds. The van der Waals surface area contributed by atoms with E-state index in [1.54, 1.807) is 11.8 Å². The van der Waals surface area contributed by atoms with Crippen molar-refractivity contribution in [3.63, 3.8) is 0 Å². The predicted octanol–water partition coefficient (Wildman–Crippen LogP) is 2.93. The van der Waals surface area contributed by atoms with Crippen molar-refractivity contribution in [3.05, 3.63) is 18.3 Å².